The molecule has 2 aromatic carbocycles. The standard InChI is InChI=1S/C25H15NO5/c27-22-13-18(15-9-10-26-19-6-2-1-5-16(15)19)23-20(30-22)8-7-17-24(28)21(31-25(17)23)12-14-4-3-11-29-14/h1-12,18H,13H2/b21-12-/t18-/m0/s1. The molecule has 31 heavy (non-hydrogen) atoms. The third-order valence-corrected chi connectivity index (χ3v) is 5.65. The van der Waals surface area contributed by atoms with Crippen LogP contribution in [0.5, 0.6) is 11.5 Å². The molecule has 6 nitrogen and oxygen atoms in total. The Morgan fingerprint density at radius 1 is 0.968 bits per heavy atom. The van der Waals surface area contributed by atoms with E-state index in [0.29, 0.717) is 28.4 Å². The van der Waals surface area contributed by atoms with Crippen molar-refractivity contribution in [1.82, 2.24) is 4.98 Å². The van der Waals surface area contributed by atoms with Gasteiger partial charge in [-0.15, -0.1) is 0 Å². The Hall–Kier alpha value is -4.19. The minimum absolute atomic E-state index is 0.145. The Morgan fingerprint density at radius 3 is 2.74 bits per heavy atom. The number of benzene rings is 2. The van der Waals surface area contributed by atoms with Crippen molar-refractivity contribution in [1.29, 1.82) is 0 Å². The maximum absolute atomic E-state index is 13.0. The van der Waals surface area contributed by atoms with E-state index in [-0.39, 0.29) is 29.9 Å². The second-order valence-electron chi connectivity index (χ2n) is 7.46. The lowest BCUT2D eigenvalue weighted by Gasteiger charge is -2.27. The molecule has 0 saturated carbocycles. The molecule has 0 spiro atoms. The highest BCUT2D eigenvalue weighted by atomic mass is 16.5. The van der Waals surface area contributed by atoms with Gasteiger partial charge in [-0.25, -0.2) is 0 Å². The largest absolute Gasteiger partial charge is 0.465 e. The molecule has 4 heterocycles. The van der Waals surface area contributed by atoms with E-state index in [1.165, 1.54) is 6.26 Å². The lowest BCUT2D eigenvalue weighted by atomic mass is 9.83. The zero-order valence-corrected chi connectivity index (χ0v) is 16.2. The summed E-state index contributed by atoms with van der Waals surface area (Å²) in [6, 6.07) is 16.5. The summed E-state index contributed by atoms with van der Waals surface area (Å²) in [5.74, 6) is 0.654. The van der Waals surface area contributed by atoms with E-state index in [1.807, 2.05) is 30.3 Å². The molecule has 4 aromatic rings. The van der Waals surface area contributed by atoms with Crippen molar-refractivity contribution in [2.45, 2.75) is 12.3 Å². The Bertz CT molecular complexity index is 1400. The molecular formula is C25H15NO5. The average Bonchev–Trinajstić information content (AvgIpc) is 3.41. The van der Waals surface area contributed by atoms with Crippen LogP contribution in [-0.4, -0.2) is 16.7 Å². The van der Waals surface area contributed by atoms with Crippen molar-refractivity contribution >= 4 is 28.7 Å². The molecule has 0 aliphatic carbocycles. The van der Waals surface area contributed by atoms with Crippen LogP contribution in [0.15, 0.2) is 77.2 Å². The third kappa shape index (κ3) is 2.76. The maximum Gasteiger partial charge on any atom is 0.312 e. The van der Waals surface area contributed by atoms with Crippen LogP contribution >= 0.6 is 0 Å². The van der Waals surface area contributed by atoms with Gasteiger partial charge in [0.25, 0.3) is 0 Å². The molecule has 0 unspecified atom stereocenters. The molecule has 0 radical (unpaired) electrons. The number of hydrogen-bond acceptors (Lipinski definition) is 6. The number of Topliss-reactive ketones (excluding diaryl/α,β-unsaturated/α-hetero) is 1. The second kappa shape index (κ2) is 6.67. The van der Waals surface area contributed by atoms with Gasteiger partial charge in [0.05, 0.1) is 23.8 Å². The van der Waals surface area contributed by atoms with Crippen molar-refractivity contribution in [3.05, 3.63) is 95.3 Å². The number of hydrogen-bond donors (Lipinski definition) is 0. The number of furan rings is 1. The number of esters is 1. The van der Waals surface area contributed by atoms with Crippen molar-refractivity contribution in [3.8, 4) is 11.5 Å². The number of ketones is 1. The van der Waals surface area contributed by atoms with E-state index in [1.54, 1.807) is 36.5 Å². The summed E-state index contributed by atoms with van der Waals surface area (Å²) in [6.45, 7) is 0. The van der Waals surface area contributed by atoms with Crippen molar-refractivity contribution in [3.63, 3.8) is 0 Å². The minimum atomic E-state index is -0.325. The monoisotopic (exact) mass is 409 g/mol. The van der Waals surface area contributed by atoms with Gasteiger partial charge in [-0.2, -0.15) is 0 Å². The number of fused-ring (bicyclic) bond motifs is 4. The lowest BCUT2D eigenvalue weighted by molar-refractivity contribution is -0.135. The van der Waals surface area contributed by atoms with Crippen LogP contribution in [0, 0.1) is 0 Å². The van der Waals surface area contributed by atoms with Crippen LogP contribution in [0.3, 0.4) is 0 Å². The fourth-order valence-corrected chi connectivity index (χ4v) is 4.30. The predicted molar refractivity (Wildman–Crippen MR) is 112 cm³/mol. The molecule has 1 atom stereocenters. The second-order valence-corrected chi connectivity index (χ2v) is 7.46. The molecule has 6 heteroatoms. The zero-order valence-electron chi connectivity index (χ0n) is 16.2. The first-order valence-electron chi connectivity index (χ1n) is 9.88. The molecule has 150 valence electrons. The SMILES string of the molecule is O=C1C[C@@H](c2ccnc3ccccc23)c2c(ccc3c2O/C(=C\c2ccco2)C3=O)O1. The number of aromatic nitrogens is 1. The van der Waals surface area contributed by atoms with E-state index in [4.69, 9.17) is 13.9 Å². The summed E-state index contributed by atoms with van der Waals surface area (Å²) in [5.41, 5.74) is 2.92. The summed E-state index contributed by atoms with van der Waals surface area (Å²) < 4.78 is 16.9. The van der Waals surface area contributed by atoms with Gasteiger partial charge in [-0.1, -0.05) is 18.2 Å². The normalized spacial score (nSPS) is 18.6. The van der Waals surface area contributed by atoms with Gasteiger partial charge >= 0.3 is 5.97 Å². The fraction of sp³-hybridized carbons (Fsp3) is 0.0800. The van der Waals surface area contributed by atoms with Crippen LogP contribution < -0.4 is 9.47 Å². The van der Waals surface area contributed by atoms with Gasteiger partial charge < -0.3 is 13.9 Å². The number of allylic oxidation sites excluding steroid dienone is 1. The number of para-hydroxylation sites is 1. The molecule has 0 amide bonds. The van der Waals surface area contributed by atoms with Gasteiger partial charge in [0.2, 0.25) is 5.78 Å². The summed E-state index contributed by atoms with van der Waals surface area (Å²) >= 11 is 0. The highest BCUT2D eigenvalue weighted by Gasteiger charge is 2.39. The van der Waals surface area contributed by atoms with E-state index in [2.05, 4.69) is 4.98 Å². The molecule has 2 aliphatic rings. The Balaban J connectivity index is 1.54. The molecule has 0 saturated heterocycles. The Morgan fingerprint density at radius 2 is 1.87 bits per heavy atom. The lowest BCUT2D eigenvalue weighted by Crippen LogP contribution is -2.21. The molecule has 0 N–H and O–H groups in total. The molecule has 0 fully saturated rings. The van der Waals surface area contributed by atoms with Gasteiger partial charge in [-0.3, -0.25) is 14.6 Å². The Kier molecular flexibility index (Phi) is 3.80. The quantitative estimate of drug-likeness (QED) is 0.267. The number of ether oxygens (including phenoxy) is 2. The van der Waals surface area contributed by atoms with Crippen LogP contribution in [0.25, 0.3) is 17.0 Å². The van der Waals surface area contributed by atoms with Crippen LogP contribution in [0.1, 0.15) is 39.6 Å². The average molecular weight is 409 g/mol. The number of rotatable bonds is 2. The fourth-order valence-electron chi connectivity index (χ4n) is 4.30. The first kappa shape index (κ1) is 17.7. The topological polar surface area (TPSA) is 78.6 Å². The van der Waals surface area contributed by atoms with Crippen LogP contribution in [0.4, 0.5) is 0 Å². The highest BCUT2D eigenvalue weighted by molar-refractivity contribution is 6.15. The highest BCUT2D eigenvalue weighted by Crippen LogP contribution is 2.49. The zero-order chi connectivity index (χ0) is 20.9. The number of pyridine rings is 1. The molecular weight excluding hydrogens is 394 g/mol. The van der Waals surface area contributed by atoms with E-state index >= 15 is 0 Å². The summed E-state index contributed by atoms with van der Waals surface area (Å²) in [6.07, 6.45) is 4.98. The first-order chi connectivity index (χ1) is 15.2. The first-order valence-corrected chi connectivity index (χ1v) is 9.88. The summed E-state index contributed by atoms with van der Waals surface area (Å²) in [5, 5.41) is 0.948. The van der Waals surface area contributed by atoms with E-state index < -0.39 is 0 Å². The van der Waals surface area contributed by atoms with Crippen LogP contribution in [0.2, 0.25) is 0 Å². The smallest absolute Gasteiger partial charge is 0.312 e. The third-order valence-electron chi connectivity index (χ3n) is 5.65. The van der Waals surface area contributed by atoms with Crippen molar-refractivity contribution in [2.75, 3.05) is 0 Å². The van der Waals surface area contributed by atoms with Crippen LogP contribution in [-0.2, 0) is 4.79 Å². The molecule has 2 aliphatic heterocycles. The van der Waals surface area contributed by atoms with Gasteiger partial charge in [-0.05, 0) is 42.0 Å². The molecule has 6 rings (SSSR count). The number of carbonyl (C=O) groups excluding carboxylic acids is 2. The summed E-state index contributed by atoms with van der Waals surface area (Å²) in [4.78, 5) is 29.8. The van der Waals surface area contributed by atoms with Crippen molar-refractivity contribution in [2.24, 2.45) is 0 Å². The number of carbonyl (C=O) groups is 2. The van der Waals surface area contributed by atoms with Gasteiger partial charge in [0.1, 0.15) is 17.3 Å². The molecule has 2 aromatic heterocycles. The van der Waals surface area contributed by atoms with E-state index in [0.717, 1.165) is 16.5 Å². The van der Waals surface area contributed by atoms with Gasteiger partial charge in [0.15, 0.2) is 5.76 Å². The van der Waals surface area contributed by atoms with E-state index in [9.17, 15) is 9.59 Å². The summed E-state index contributed by atoms with van der Waals surface area (Å²) in [7, 11) is 0. The molecule has 0 bridgehead atoms. The Labute approximate surface area is 176 Å². The van der Waals surface area contributed by atoms with Gasteiger partial charge in [0, 0.05) is 29.1 Å². The maximum atomic E-state index is 13.0. The predicted octanol–water partition coefficient (Wildman–Crippen LogP) is 4.89. The minimum Gasteiger partial charge on any atom is -0.465 e. The van der Waals surface area contributed by atoms with Crippen molar-refractivity contribution < 1.29 is 23.5 Å². The number of nitrogens with zero attached hydrogens (tertiary/aromatic N) is 1.